The number of aliphatic imine (C=N–C) groups is 1. The summed E-state index contributed by atoms with van der Waals surface area (Å²) in [4.78, 5) is 42.3. The third kappa shape index (κ3) is 6.97. The highest BCUT2D eigenvalue weighted by molar-refractivity contribution is 6.23. The van der Waals surface area contributed by atoms with Gasteiger partial charge in [0, 0.05) is 73.5 Å². The Morgan fingerprint density at radius 3 is 2.22 bits per heavy atom. The quantitative estimate of drug-likeness (QED) is 0.234. The predicted molar refractivity (Wildman–Crippen MR) is 181 cm³/mol. The Hall–Kier alpha value is -5.36. The molecule has 2 heterocycles. The van der Waals surface area contributed by atoms with E-state index in [4.69, 9.17) is 20.4 Å². The number of urea groups is 1. The predicted octanol–water partition coefficient (Wildman–Crippen LogP) is 5.40. The number of aromatic nitrogens is 2. The summed E-state index contributed by atoms with van der Waals surface area (Å²) in [7, 11) is 5.05. The number of benzene rings is 3. The number of nitrogens with one attached hydrogen (secondary N) is 2. The Balaban J connectivity index is 1.45. The van der Waals surface area contributed by atoms with Crippen LogP contribution in [0.3, 0.4) is 0 Å². The van der Waals surface area contributed by atoms with Crippen molar-refractivity contribution in [1.82, 2.24) is 14.9 Å². The molecule has 1 aliphatic rings. The summed E-state index contributed by atoms with van der Waals surface area (Å²) < 4.78 is 21.2. The van der Waals surface area contributed by atoms with Crippen LogP contribution >= 0.6 is 0 Å². The molecule has 12 heteroatoms. The molecule has 0 bridgehead atoms. The third-order valence-corrected chi connectivity index (χ3v) is 7.63. The zero-order valence-corrected chi connectivity index (χ0v) is 26.5. The first kappa shape index (κ1) is 32.0. The molecule has 1 aliphatic heterocycles. The maximum Gasteiger partial charge on any atom is 0.323 e. The summed E-state index contributed by atoms with van der Waals surface area (Å²) in [5.41, 5.74) is 11.4. The fourth-order valence-electron chi connectivity index (χ4n) is 5.26. The van der Waals surface area contributed by atoms with Crippen molar-refractivity contribution in [1.29, 1.82) is 0 Å². The van der Waals surface area contributed by atoms with Gasteiger partial charge in [0.1, 0.15) is 11.6 Å². The van der Waals surface area contributed by atoms with Crippen molar-refractivity contribution in [3.8, 4) is 11.4 Å². The highest BCUT2D eigenvalue weighted by Gasteiger charge is 2.21. The molecule has 3 amide bonds. The van der Waals surface area contributed by atoms with Crippen LogP contribution in [0.1, 0.15) is 29.8 Å². The van der Waals surface area contributed by atoms with Gasteiger partial charge in [-0.2, -0.15) is 0 Å². The van der Waals surface area contributed by atoms with Crippen LogP contribution in [-0.4, -0.2) is 80.0 Å². The van der Waals surface area contributed by atoms with Crippen LogP contribution in [0, 0.1) is 5.82 Å². The number of halogens is 1. The van der Waals surface area contributed by atoms with Gasteiger partial charge in [-0.3, -0.25) is 9.79 Å². The summed E-state index contributed by atoms with van der Waals surface area (Å²) in [5.74, 6) is 0.154. The van der Waals surface area contributed by atoms with Crippen LogP contribution < -0.4 is 21.3 Å². The molecule has 4 aromatic rings. The van der Waals surface area contributed by atoms with E-state index in [0.717, 1.165) is 22.2 Å². The number of ether oxygens (including phenoxy) is 1. The second-order valence-corrected chi connectivity index (χ2v) is 11.1. The average molecular weight is 625 g/mol. The molecule has 0 saturated carbocycles. The van der Waals surface area contributed by atoms with Gasteiger partial charge >= 0.3 is 6.03 Å². The van der Waals surface area contributed by atoms with Gasteiger partial charge in [0.2, 0.25) is 0 Å². The van der Waals surface area contributed by atoms with Crippen LogP contribution in [0.25, 0.3) is 27.9 Å². The van der Waals surface area contributed by atoms with E-state index >= 15 is 4.39 Å². The zero-order chi connectivity index (χ0) is 33.0. The first-order valence-corrected chi connectivity index (χ1v) is 14.8. The van der Waals surface area contributed by atoms with Crippen LogP contribution in [0.2, 0.25) is 0 Å². The van der Waals surface area contributed by atoms with Crippen molar-refractivity contribution in [3.05, 3.63) is 83.3 Å². The van der Waals surface area contributed by atoms with Crippen molar-refractivity contribution in [2.24, 2.45) is 10.7 Å². The van der Waals surface area contributed by atoms with Gasteiger partial charge in [-0.15, -0.1) is 0 Å². The third-order valence-electron chi connectivity index (χ3n) is 7.63. The summed E-state index contributed by atoms with van der Waals surface area (Å²) >= 11 is 0. The molecule has 1 fully saturated rings. The average Bonchev–Trinajstić information content (AvgIpc) is 3.04. The number of nitrogens with two attached hydrogens (primary N) is 1. The molecular formula is C34H37FN8O3. The van der Waals surface area contributed by atoms with E-state index in [1.165, 1.54) is 11.0 Å². The number of allylic oxidation sites excluding steroid dienone is 2. The lowest BCUT2D eigenvalue weighted by Crippen LogP contribution is -2.37. The van der Waals surface area contributed by atoms with Gasteiger partial charge in [0.05, 0.1) is 24.3 Å². The van der Waals surface area contributed by atoms with E-state index in [-0.39, 0.29) is 23.0 Å². The number of hydrogen-bond donors (Lipinski definition) is 3. The van der Waals surface area contributed by atoms with Crippen molar-refractivity contribution in [3.63, 3.8) is 0 Å². The molecule has 4 N–H and O–H groups in total. The van der Waals surface area contributed by atoms with Crippen LogP contribution in [0.15, 0.2) is 71.4 Å². The highest BCUT2D eigenvalue weighted by atomic mass is 19.1. The number of nitrogens with zero attached hydrogens (tertiary/aromatic N) is 5. The van der Waals surface area contributed by atoms with Crippen molar-refractivity contribution in [2.45, 2.75) is 13.8 Å². The first-order chi connectivity index (χ1) is 22.0. The van der Waals surface area contributed by atoms with E-state index in [0.29, 0.717) is 54.6 Å². The van der Waals surface area contributed by atoms with Gasteiger partial charge in [-0.05, 0) is 74.0 Å². The number of hydrogen-bond acceptors (Lipinski definition) is 8. The molecule has 0 unspecified atom stereocenters. The fourth-order valence-corrected chi connectivity index (χ4v) is 5.26. The highest BCUT2D eigenvalue weighted by Crippen LogP contribution is 2.32. The number of rotatable bonds is 7. The monoisotopic (exact) mass is 624 g/mol. The Bertz CT molecular complexity index is 1840. The molecule has 3 aromatic carbocycles. The number of anilines is 3. The molecule has 46 heavy (non-hydrogen) atoms. The van der Waals surface area contributed by atoms with E-state index in [9.17, 15) is 9.59 Å². The molecule has 1 aromatic heterocycles. The van der Waals surface area contributed by atoms with Crippen molar-refractivity contribution in [2.75, 3.05) is 63.0 Å². The zero-order valence-electron chi connectivity index (χ0n) is 26.5. The van der Waals surface area contributed by atoms with Crippen LogP contribution in [0.5, 0.6) is 0 Å². The lowest BCUT2D eigenvalue weighted by atomic mass is 9.98. The minimum atomic E-state index is -0.597. The van der Waals surface area contributed by atoms with Crippen LogP contribution in [-0.2, 0) is 4.74 Å². The molecule has 5 rings (SSSR count). The number of carbonyl (C=O) groups excluding carboxylic acids is 2. The minimum Gasteiger partial charge on any atom is -0.402 e. The van der Waals surface area contributed by atoms with Crippen molar-refractivity contribution >= 4 is 51.3 Å². The maximum atomic E-state index is 15.7. The van der Waals surface area contributed by atoms with Gasteiger partial charge in [-0.1, -0.05) is 6.07 Å². The Kier molecular flexibility index (Phi) is 9.57. The molecule has 0 atom stereocenters. The second kappa shape index (κ2) is 13.7. The van der Waals surface area contributed by atoms with E-state index in [1.54, 1.807) is 57.5 Å². The first-order valence-electron chi connectivity index (χ1n) is 14.8. The van der Waals surface area contributed by atoms with Gasteiger partial charge in [0.15, 0.2) is 5.82 Å². The summed E-state index contributed by atoms with van der Waals surface area (Å²) in [6.07, 6.45) is 0. The number of amides is 3. The van der Waals surface area contributed by atoms with Crippen LogP contribution in [0.4, 0.5) is 26.4 Å². The van der Waals surface area contributed by atoms with Gasteiger partial charge < -0.3 is 30.9 Å². The maximum absolute atomic E-state index is 15.7. The number of carbonyl (C=O) groups is 2. The number of morpholine rings is 1. The van der Waals surface area contributed by atoms with Crippen molar-refractivity contribution < 1.29 is 18.7 Å². The Morgan fingerprint density at radius 1 is 0.935 bits per heavy atom. The summed E-state index contributed by atoms with van der Waals surface area (Å²) in [5, 5.41) is 6.16. The summed E-state index contributed by atoms with van der Waals surface area (Å²) in [6.45, 7) is 6.11. The van der Waals surface area contributed by atoms with Gasteiger partial charge in [0.25, 0.3) is 5.91 Å². The molecule has 0 aliphatic carbocycles. The molecule has 11 nitrogen and oxygen atoms in total. The Morgan fingerprint density at radius 2 is 1.59 bits per heavy atom. The largest absolute Gasteiger partial charge is 0.402 e. The topological polar surface area (TPSA) is 138 Å². The summed E-state index contributed by atoms with van der Waals surface area (Å²) in [6, 6.07) is 16.1. The lowest BCUT2D eigenvalue weighted by Gasteiger charge is -2.29. The normalized spacial score (nSPS) is 14.1. The smallest absolute Gasteiger partial charge is 0.323 e. The van der Waals surface area contributed by atoms with E-state index in [1.807, 2.05) is 32.0 Å². The molecule has 1 saturated heterocycles. The minimum absolute atomic E-state index is 0.146. The van der Waals surface area contributed by atoms with Gasteiger partial charge in [-0.25, -0.2) is 19.2 Å². The Labute approximate surface area is 267 Å². The lowest BCUT2D eigenvalue weighted by molar-refractivity contribution is 0.0827. The van der Waals surface area contributed by atoms with E-state index < -0.39 is 11.8 Å². The number of fused-ring (bicyclic) bond motifs is 1. The SMILES string of the molecule is CN=C(C)C(=C(C)N)c1ccc2c(N3CCOCC3)nc(-c3ccc(NC(=O)Nc4ccc(C(=O)N(C)C)cc4)cc3F)nc2c1. The van der Waals surface area contributed by atoms with E-state index in [2.05, 4.69) is 20.5 Å². The molecule has 0 radical (unpaired) electrons. The second-order valence-electron chi connectivity index (χ2n) is 11.1. The fraction of sp³-hybridized carbons (Fsp3) is 0.265. The molecule has 0 spiro atoms. The standard InChI is InChI=1S/C34H37FN8O3/c1-20(36)30(21(2)37-3)23-8-12-27-29(18-23)40-31(41-32(27)43-14-16-46-17-15-43)26-13-11-25(19-28(26)35)39-34(45)38-24-9-6-22(7-10-24)33(44)42(4)5/h6-13,18-19H,14-17,36H2,1-5H3,(H2,38,39,45). The molecular weight excluding hydrogens is 587 g/mol. The molecule has 238 valence electrons.